The lowest BCUT2D eigenvalue weighted by Crippen LogP contribution is -2.38. The van der Waals surface area contributed by atoms with Crippen molar-refractivity contribution in [2.75, 3.05) is 19.7 Å². The fraction of sp³-hybridized carbons (Fsp3) is 0.467. The third kappa shape index (κ3) is 3.36. The second-order valence-corrected chi connectivity index (χ2v) is 4.93. The first-order valence-corrected chi connectivity index (χ1v) is 6.79. The van der Waals surface area contributed by atoms with E-state index in [2.05, 4.69) is 0 Å². The van der Waals surface area contributed by atoms with Crippen molar-refractivity contribution < 1.29 is 19.4 Å². The maximum absolute atomic E-state index is 11.5. The van der Waals surface area contributed by atoms with Gasteiger partial charge in [0.1, 0.15) is 18.4 Å². The molecule has 2 rings (SSSR count). The van der Waals surface area contributed by atoms with E-state index in [0.717, 1.165) is 13.0 Å². The number of para-hydroxylation sites is 1. The molecule has 0 saturated carbocycles. The number of aliphatic carboxylic acids is 1. The number of hydrogen-bond donors (Lipinski definition) is 1. The minimum atomic E-state index is -0.772. The zero-order chi connectivity index (χ0) is 14.5. The van der Waals surface area contributed by atoms with Gasteiger partial charge in [-0.25, -0.2) is 0 Å². The molecule has 1 fully saturated rings. The van der Waals surface area contributed by atoms with Crippen LogP contribution in [-0.4, -0.2) is 47.5 Å². The molecule has 1 aromatic rings. The van der Waals surface area contributed by atoms with Crippen molar-refractivity contribution in [3.63, 3.8) is 0 Å². The summed E-state index contributed by atoms with van der Waals surface area (Å²) in [6, 6.07) is 6.70. The van der Waals surface area contributed by atoms with Crippen LogP contribution in [0.2, 0.25) is 0 Å². The molecule has 1 aromatic carbocycles. The first-order chi connectivity index (χ1) is 9.59. The fourth-order valence-electron chi connectivity index (χ4n) is 2.53. The van der Waals surface area contributed by atoms with Crippen LogP contribution in [0.5, 0.6) is 5.75 Å². The van der Waals surface area contributed by atoms with Crippen molar-refractivity contribution in [3.05, 3.63) is 29.8 Å². The van der Waals surface area contributed by atoms with Crippen molar-refractivity contribution in [3.8, 4) is 5.75 Å². The normalized spacial score (nSPS) is 18.9. The number of carbonyl (C=O) groups excluding carboxylic acids is 1. The molecule has 0 aromatic heterocycles. The van der Waals surface area contributed by atoms with Crippen molar-refractivity contribution in [2.24, 2.45) is 0 Å². The molecule has 1 saturated heterocycles. The highest BCUT2D eigenvalue weighted by molar-refractivity contribution is 5.96. The molecular weight excluding hydrogens is 258 g/mol. The standard InChI is InChI=1S/C15H19NO4/c1-11(17)12-5-2-3-7-14(12)20-10-9-16-8-4-6-13(16)15(18)19/h2-3,5,7,13H,4,6,8-10H2,1H3,(H,18,19)/t13-/m1/s1. The van der Waals surface area contributed by atoms with Crippen molar-refractivity contribution in [2.45, 2.75) is 25.8 Å². The molecule has 1 heterocycles. The Morgan fingerprint density at radius 1 is 1.40 bits per heavy atom. The van der Waals surface area contributed by atoms with Crippen molar-refractivity contribution in [1.29, 1.82) is 0 Å². The third-order valence-corrected chi connectivity index (χ3v) is 3.55. The first kappa shape index (κ1) is 14.5. The quantitative estimate of drug-likeness (QED) is 0.803. The Bertz CT molecular complexity index is 500. The SMILES string of the molecule is CC(=O)c1ccccc1OCCN1CCC[C@@H]1C(=O)O. The molecule has 20 heavy (non-hydrogen) atoms. The van der Waals surface area contributed by atoms with E-state index in [1.807, 2.05) is 11.0 Å². The highest BCUT2D eigenvalue weighted by atomic mass is 16.5. The average molecular weight is 277 g/mol. The summed E-state index contributed by atoms with van der Waals surface area (Å²) < 4.78 is 5.63. The summed E-state index contributed by atoms with van der Waals surface area (Å²) in [4.78, 5) is 24.4. The Hall–Kier alpha value is -1.88. The lowest BCUT2D eigenvalue weighted by atomic mass is 10.1. The molecule has 5 heteroatoms. The summed E-state index contributed by atoms with van der Waals surface area (Å²) in [6.45, 7) is 3.23. The lowest BCUT2D eigenvalue weighted by Gasteiger charge is -2.21. The number of Topliss-reactive ketones (excluding diaryl/α,β-unsaturated/α-hetero) is 1. The maximum atomic E-state index is 11.5. The van der Waals surface area contributed by atoms with Crippen LogP contribution in [0.3, 0.4) is 0 Å². The second kappa shape index (κ2) is 6.52. The summed E-state index contributed by atoms with van der Waals surface area (Å²) in [7, 11) is 0. The minimum absolute atomic E-state index is 0.0369. The third-order valence-electron chi connectivity index (χ3n) is 3.55. The van der Waals surface area contributed by atoms with Gasteiger partial charge < -0.3 is 9.84 Å². The zero-order valence-electron chi connectivity index (χ0n) is 11.5. The van der Waals surface area contributed by atoms with Gasteiger partial charge in [-0.05, 0) is 38.4 Å². The second-order valence-electron chi connectivity index (χ2n) is 4.93. The number of ketones is 1. The van der Waals surface area contributed by atoms with Gasteiger partial charge in [-0.2, -0.15) is 0 Å². The molecule has 0 spiro atoms. The molecule has 1 aliphatic heterocycles. The number of ether oxygens (including phenoxy) is 1. The molecule has 0 bridgehead atoms. The Morgan fingerprint density at radius 3 is 2.85 bits per heavy atom. The zero-order valence-corrected chi connectivity index (χ0v) is 11.5. The topological polar surface area (TPSA) is 66.8 Å². The number of benzene rings is 1. The van der Waals surface area contributed by atoms with Gasteiger partial charge >= 0.3 is 5.97 Å². The van der Waals surface area contributed by atoms with Crippen molar-refractivity contribution in [1.82, 2.24) is 4.90 Å². The number of hydrogen-bond acceptors (Lipinski definition) is 4. The number of carboxylic acids is 1. The van der Waals surface area contributed by atoms with E-state index in [9.17, 15) is 9.59 Å². The van der Waals surface area contributed by atoms with Gasteiger partial charge in [0.25, 0.3) is 0 Å². The molecular formula is C15H19NO4. The van der Waals surface area contributed by atoms with E-state index >= 15 is 0 Å². The summed E-state index contributed by atoms with van der Waals surface area (Å²) in [5.74, 6) is -0.247. The van der Waals surface area contributed by atoms with E-state index in [0.29, 0.717) is 30.9 Å². The summed E-state index contributed by atoms with van der Waals surface area (Å²) >= 11 is 0. The van der Waals surface area contributed by atoms with Crippen molar-refractivity contribution >= 4 is 11.8 Å². The first-order valence-electron chi connectivity index (χ1n) is 6.79. The van der Waals surface area contributed by atoms with Crippen LogP contribution in [0.1, 0.15) is 30.1 Å². The van der Waals surface area contributed by atoms with E-state index in [-0.39, 0.29) is 5.78 Å². The molecule has 1 atom stereocenters. The minimum Gasteiger partial charge on any atom is -0.491 e. The molecule has 0 radical (unpaired) electrons. The van der Waals surface area contributed by atoms with E-state index in [4.69, 9.17) is 9.84 Å². The largest absolute Gasteiger partial charge is 0.491 e. The highest BCUT2D eigenvalue weighted by Crippen LogP contribution is 2.20. The van der Waals surface area contributed by atoms with Crippen LogP contribution >= 0.6 is 0 Å². The average Bonchev–Trinajstić information content (AvgIpc) is 2.87. The summed E-state index contributed by atoms with van der Waals surface area (Å²) in [5, 5.41) is 9.09. The monoisotopic (exact) mass is 277 g/mol. The van der Waals surface area contributed by atoms with Gasteiger partial charge in [-0.15, -0.1) is 0 Å². The lowest BCUT2D eigenvalue weighted by molar-refractivity contribution is -0.142. The molecule has 0 amide bonds. The van der Waals surface area contributed by atoms with Gasteiger partial charge in [0.15, 0.2) is 5.78 Å². The Balaban J connectivity index is 1.90. The number of carbonyl (C=O) groups is 2. The molecule has 0 unspecified atom stereocenters. The van der Waals surface area contributed by atoms with E-state index in [1.54, 1.807) is 18.2 Å². The van der Waals surface area contributed by atoms with E-state index < -0.39 is 12.0 Å². The Kier molecular flexibility index (Phi) is 4.74. The number of rotatable bonds is 6. The molecule has 1 aliphatic rings. The molecule has 0 aliphatic carbocycles. The molecule has 1 N–H and O–H groups in total. The summed E-state index contributed by atoms with van der Waals surface area (Å²) in [6.07, 6.45) is 1.60. The van der Waals surface area contributed by atoms with Crippen LogP contribution < -0.4 is 4.74 Å². The van der Waals surface area contributed by atoms with Crippen LogP contribution in [0, 0.1) is 0 Å². The Morgan fingerprint density at radius 2 is 2.15 bits per heavy atom. The Labute approximate surface area is 118 Å². The predicted octanol–water partition coefficient (Wildman–Crippen LogP) is 1.82. The highest BCUT2D eigenvalue weighted by Gasteiger charge is 2.29. The smallest absolute Gasteiger partial charge is 0.320 e. The number of carboxylic acid groups (broad SMARTS) is 1. The van der Waals surface area contributed by atoms with Crippen LogP contribution in [0.25, 0.3) is 0 Å². The van der Waals surface area contributed by atoms with Crippen LogP contribution in [-0.2, 0) is 4.79 Å². The number of nitrogens with zero attached hydrogens (tertiary/aromatic N) is 1. The van der Waals surface area contributed by atoms with E-state index in [1.165, 1.54) is 6.92 Å². The molecule has 5 nitrogen and oxygen atoms in total. The van der Waals surface area contributed by atoms with Gasteiger partial charge in [-0.1, -0.05) is 12.1 Å². The van der Waals surface area contributed by atoms with Crippen LogP contribution in [0.4, 0.5) is 0 Å². The van der Waals surface area contributed by atoms with Gasteiger partial charge in [0, 0.05) is 6.54 Å². The summed E-state index contributed by atoms with van der Waals surface area (Å²) in [5.41, 5.74) is 0.559. The maximum Gasteiger partial charge on any atom is 0.320 e. The van der Waals surface area contributed by atoms with Gasteiger partial charge in [0.2, 0.25) is 0 Å². The number of likely N-dealkylation sites (tertiary alicyclic amines) is 1. The van der Waals surface area contributed by atoms with Gasteiger partial charge in [0.05, 0.1) is 5.56 Å². The van der Waals surface area contributed by atoms with Crippen LogP contribution in [0.15, 0.2) is 24.3 Å². The molecule has 108 valence electrons. The fourth-order valence-corrected chi connectivity index (χ4v) is 2.53. The van der Waals surface area contributed by atoms with Gasteiger partial charge in [-0.3, -0.25) is 14.5 Å². The predicted molar refractivity (Wildman–Crippen MR) is 74.2 cm³/mol.